The molecule has 0 spiro atoms. The normalized spacial score (nSPS) is 13.1. The van der Waals surface area contributed by atoms with Gasteiger partial charge in [0.1, 0.15) is 0 Å². The molecule has 0 fully saturated rings. The fourth-order valence-corrected chi connectivity index (χ4v) is 4.64. The Hall–Kier alpha value is -1.50. The van der Waals surface area contributed by atoms with Gasteiger partial charge in [-0.3, -0.25) is 0 Å². The van der Waals surface area contributed by atoms with Crippen LogP contribution in [0.3, 0.4) is 0 Å². The Balaban J connectivity index is 0.00000240. The molecule has 1 radical (unpaired) electrons. The summed E-state index contributed by atoms with van der Waals surface area (Å²) in [5, 5.41) is 2.47. The van der Waals surface area contributed by atoms with Crippen LogP contribution in [0.2, 0.25) is 0 Å². The molecule has 0 amide bonds. The van der Waals surface area contributed by atoms with Crippen molar-refractivity contribution in [1.29, 1.82) is 0 Å². The van der Waals surface area contributed by atoms with Crippen LogP contribution in [0.25, 0.3) is 22.0 Å². The fourth-order valence-electron chi connectivity index (χ4n) is 4.64. The summed E-state index contributed by atoms with van der Waals surface area (Å²) in [5.41, 5.74) is 7.02. The van der Waals surface area contributed by atoms with Crippen molar-refractivity contribution in [2.45, 2.75) is 77.6 Å². The van der Waals surface area contributed by atoms with Crippen LogP contribution in [0.5, 0.6) is 0 Å². The first-order valence-corrected chi connectivity index (χ1v) is 11.3. The van der Waals surface area contributed by atoms with Crippen molar-refractivity contribution in [3.05, 3.63) is 65.4 Å². The van der Waals surface area contributed by atoms with Gasteiger partial charge in [-0.05, 0) is 22.9 Å². The molecule has 3 aromatic rings. The van der Waals surface area contributed by atoms with Crippen molar-refractivity contribution in [3.63, 3.8) is 0 Å². The van der Waals surface area contributed by atoms with Crippen LogP contribution >= 0.6 is 0 Å². The molecule has 2 heteroatoms. The van der Waals surface area contributed by atoms with E-state index < -0.39 is 0 Å². The summed E-state index contributed by atoms with van der Waals surface area (Å²) in [6.07, 6.45) is 16.4. The molecule has 1 nitrogen and oxygen atoms in total. The molecule has 0 saturated heterocycles. The van der Waals surface area contributed by atoms with E-state index in [9.17, 15) is 0 Å². The van der Waals surface area contributed by atoms with Crippen molar-refractivity contribution in [3.8, 4) is 11.3 Å². The Morgan fingerprint density at radius 2 is 1.62 bits per heavy atom. The minimum Gasteiger partial charge on any atom is -0.304 e. The number of unbranched alkanes of at least 4 members (excludes halogenated alkanes) is 5. The Morgan fingerprint density at radius 3 is 2.45 bits per heavy atom. The summed E-state index contributed by atoms with van der Waals surface area (Å²) in [5.74, 6) is 0. The van der Waals surface area contributed by atoms with Crippen LogP contribution < -0.4 is 0 Å². The van der Waals surface area contributed by atoms with Crippen LogP contribution in [-0.2, 0) is 39.4 Å². The van der Waals surface area contributed by atoms with Crippen LogP contribution in [0.15, 0.2) is 42.6 Å². The molecule has 0 bridgehead atoms. The monoisotopic (exact) mass is 563 g/mol. The zero-order valence-electron chi connectivity index (χ0n) is 17.6. The SMILES string of the molecule is CCCCCCCCc1c[c-]c(-c2cc3ccccc3cn2)c2c1CCCC2.[Ir]. The van der Waals surface area contributed by atoms with E-state index in [1.54, 1.807) is 11.1 Å². The predicted molar refractivity (Wildman–Crippen MR) is 120 cm³/mol. The molecule has 0 N–H and O–H groups in total. The molecule has 0 saturated carbocycles. The maximum Gasteiger partial charge on any atom is 0.0239 e. The summed E-state index contributed by atoms with van der Waals surface area (Å²) in [6, 6.07) is 16.7. The van der Waals surface area contributed by atoms with Crippen LogP contribution in [0.1, 0.15) is 75.0 Å². The largest absolute Gasteiger partial charge is 0.304 e. The molecule has 1 aromatic heterocycles. The van der Waals surface area contributed by atoms with Crippen LogP contribution in [0.4, 0.5) is 0 Å². The van der Waals surface area contributed by atoms with Crippen molar-refractivity contribution < 1.29 is 20.1 Å². The second kappa shape index (κ2) is 11.0. The van der Waals surface area contributed by atoms with Crippen LogP contribution in [0, 0.1) is 6.07 Å². The molecule has 0 atom stereocenters. The summed E-state index contributed by atoms with van der Waals surface area (Å²) < 4.78 is 0. The molecule has 0 aliphatic heterocycles. The fraction of sp³-hybridized carbons (Fsp3) is 0.444. The molecule has 1 aliphatic rings. The average Bonchev–Trinajstić information content (AvgIpc) is 2.76. The molecule has 155 valence electrons. The maximum atomic E-state index is 4.79. The molecule has 4 rings (SSSR count). The van der Waals surface area contributed by atoms with Crippen molar-refractivity contribution in [1.82, 2.24) is 4.98 Å². The van der Waals surface area contributed by atoms with Gasteiger partial charge in [0.25, 0.3) is 0 Å². The molecule has 0 unspecified atom stereocenters. The summed E-state index contributed by atoms with van der Waals surface area (Å²) >= 11 is 0. The van der Waals surface area contributed by atoms with E-state index in [1.807, 2.05) is 6.20 Å². The van der Waals surface area contributed by atoms with Gasteiger partial charge in [0.15, 0.2) is 0 Å². The third-order valence-electron chi connectivity index (χ3n) is 6.23. The van der Waals surface area contributed by atoms with E-state index in [4.69, 9.17) is 4.98 Å². The van der Waals surface area contributed by atoms with Crippen molar-refractivity contribution in [2.24, 2.45) is 0 Å². The number of pyridine rings is 1. The number of aryl methyl sites for hydroxylation is 1. The predicted octanol–water partition coefficient (Wildman–Crippen LogP) is 7.48. The van der Waals surface area contributed by atoms with Crippen molar-refractivity contribution >= 4 is 10.8 Å². The molecular weight excluding hydrogens is 531 g/mol. The first kappa shape index (κ1) is 22.2. The Kier molecular flexibility index (Phi) is 8.45. The smallest absolute Gasteiger partial charge is 0.0239 e. The van der Waals surface area contributed by atoms with E-state index in [1.165, 1.54) is 92.5 Å². The third kappa shape index (κ3) is 5.36. The Morgan fingerprint density at radius 1 is 0.897 bits per heavy atom. The number of aromatic nitrogens is 1. The number of benzene rings is 2. The Bertz CT molecular complexity index is 931. The number of hydrogen-bond acceptors (Lipinski definition) is 1. The van der Waals surface area contributed by atoms with E-state index in [-0.39, 0.29) is 20.1 Å². The van der Waals surface area contributed by atoms with E-state index >= 15 is 0 Å². The first-order chi connectivity index (χ1) is 13.9. The molecule has 1 aliphatic carbocycles. The van der Waals surface area contributed by atoms with Gasteiger partial charge < -0.3 is 4.98 Å². The van der Waals surface area contributed by atoms with Gasteiger partial charge in [0.2, 0.25) is 0 Å². The van der Waals surface area contributed by atoms with Gasteiger partial charge in [-0.2, -0.15) is 0 Å². The number of hydrogen-bond donors (Lipinski definition) is 0. The van der Waals surface area contributed by atoms with Gasteiger partial charge in [-0.25, -0.2) is 0 Å². The van der Waals surface area contributed by atoms with Crippen molar-refractivity contribution in [2.75, 3.05) is 0 Å². The molecule has 1 heterocycles. The molecule has 2 aromatic carbocycles. The van der Waals surface area contributed by atoms with Gasteiger partial charge in [-0.1, -0.05) is 101 Å². The Labute approximate surface area is 189 Å². The minimum absolute atomic E-state index is 0. The number of nitrogens with zero attached hydrogens (tertiary/aromatic N) is 1. The van der Waals surface area contributed by atoms with Crippen LogP contribution in [-0.4, -0.2) is 4.98 Å². The zero-order valence-corrected chi connectivity index (χ0v) is 20.0. The second-order valence-corrected chi connectivity index (χ2v) is 8.29. The zero-order chi connectivity index (χ0) is 19.2. The number of fused-ring (bicyclic) bond motifs is 2. The van der Waals surface area contributed by atoms with Gasteiger partial charge in [0.05, 0.1) is 0 Å². The number of rotatable bonds is 8. The van der Waals surface area contributed by atoms with Gasteiger partial charge in [-0.15, -0.1) is 34.4 Å². The minimum atomic E-state index is 0. The third-order valence-corrected chi connectivity index (χ3v) is 6.23. The average molecular weight is 563 g/mol. The van der Waals surface area contributed by atoms with Gasteiger partial charge in [0, 0.05) is 26.3 Å². The maximum absolute atomic E-state index is 4.79. The summed E-state index contributed by atoms with van der Waals surface area (Å²) in [7, 11) is 0. The van der Waals surface area contributed by atoms with E-state index in [0.29, 0.717) is 0 Å². The standard InChI is InChI=1S/C27H32N.Ir/c1-2-3-4-5-6-7-12-21-17-18-26(25-16-11-10-15-24(21)25)27-19-22-13-8-9-14-23(22)20-28-27;/h8-9,13-14,17,19-20H,2-7,10-12,15-16H2,1H3;/q-1;. The second-order valence-electron chi connectivity index (χ2n) is 8.29. The van der Waals surface area contributed by atoms with E-state index in [2.05, 4.69) is 49.4 Å². The van der Waals surface area contributed by atoms with E-state index in [0.717, 1.165) is 5.69 Å². The molecule has 29 heavy (non-hydrogen) atoms. The summed E-state index contributed by atoms with van der Waals surface area (Å²) in [6.45, 7) is 2.29. The topological polar surface area (TPSA) is 12.9 Å². The molecular formula is C27H32IrN-. The summed E-state index contributed by atoms with van der Waals surface area (Å²) in [4.78, 5) is 4.79. The van der Waals surface area contributed by atoms with Gasteiger partial charge >= 0.3 is 0 Å². The quantitative estimate of drug-likeness (QED) is 0.205. The first-order valence-electron chi connectivity index (χ1n) is 11.3.